The SMILES string of the molecule is Cc1ccc(NC(=O)OC(C)(C)C)cc1Oc1ccc(N)cn1. The molecule has 0 aliphatic heterocycles. The van der Waals surface area contributed by atoms with Crippen LogP contribution in [0.5, 0.6) is 11.6 Å². The van der Waals surface area contributed by atoms with Gasteiger partial charge in [0.25, 0.3) is 0 Å². The zero-order valence-corrected chi connectivity index (χ0v) is 13.7. The maximum atomic E-state index is 11.8. The van der Waals surface area contributed by atoms with Gasteiger partial charge >= 0.3 is 6.09 Å². The Morgan fingerprint density at radius 2 is 1.96 bits per heavy atom. The molecule has 0 spiro atoms. The van der Waals surface area contributed by atoms with Crippen LogP contribution in [0.4, 0.5) is 16.2 Å². The fraction of sp³-hybridized carbons (Fsp3) is 0.294. The van der Waals surface area contributed by atoms with Crippen molar-refractivity contribution < 1.29 is 14.3 Å². The molecule has 0 saturated heterocycles. The summed E-state index contributed by atoms with van der Waals surface area (Å²) in [4.78, 5) is 15.9. The Hall–Kier alpha value is -2.76. The van der Waals surface area contributed by atoms with E-state index in [-0.39, 0.29) is 0 Å². The van der Waals surface area contributed by atoms with Gasteiger partial charge in [-0.15, -0.1) is 0 Å². The molecule has 0 radical (unpaired) electrons. The molecule has 2 aromatic rings. The minimum atomic E-state index is -0.554. The number of hydrogen-bond donors (Lipinski definition) is 2. The molecule has 6 nitrogen and oxygen atoms in total. The van der Waals surface area contributed by atoms with Crippen LogP contribution in [-0.2, 0) is 4.74 Å². The van der Waals surface area contributed by atoms with Gasteiger partial charge in [0.1, 0.15) is 11.4 Å². The molecule has 0 saturated carbocycles. The number of anilines is 2. The van der Waals surface area contributed by atoms with Crippen LogP contribution in [0.3, 0.4) is 0 Å². The fourth-order valence-corrected chi connectivity index (χ4v) is 1.77. The number of aromatic nitrogens is 1. The Bertz CT molecular complexity index is 691. The molecule has 0 unspecified atom stereocenters. The molecule has 0 atom stereocenters. The summed E-state index contributed by atoms with van der Waals surface area (Å²) in [7, 11) is 0. The number of nitrogens with two attached hydrogens (primary N) is 1. The Kier molecular flexibility index (Phi) is 4.74. The Labute approximate surface area is 135 Å². The summed E-state index contributed by atoms with van der Waals surface area (Å²) in [6.07, 6.45) is 1.01. The van der Waals surface area contributed by atoms with Gasteiger partial charge < -0.3 is 15.2 Å². The number of nitrogen functional groups attached to an aromatic ring is 1. The predicted molar refractivity (Wildman–Crippen MR) is 89.8 cm³/mol. The van der Waals surface area contributed by atoms with Crippen LogP contribution in [0, 0.1) is 6.92 Å². The van der Waals surface area contributed by atoms with E-state index in [2.05, 4.69) is 10.3 Å². The van der Waals surface area contributed by atoms with E-state index < -0.39 is 11.7 Å². The number of benzene rings is 1. The van der Waals surface area contributed by atoms with Crippen molar-refractivity contribution in [3.05, 3.63) is 42.1 Å². The number of aryl methyl sites for hydroxylation is 1. The molecule has 1 amide bonds. The van der Waals surface area contributed by atoms with Crippen molar-refractivity contribution in [1.82, 2.24) is 4.98 Å². The second-order valence-corrected chi connectivity index (χ2v) is 6.14. The molecular formula is C17H21N3O3. The smallest absolute Gasteiger partial charge is 0.412 e. The summed E-state index contributed by atoms with van der Waals surface area (Å²) in [5.41, 5.74) is 7.10. The lowest BCUT2D eigenvalue weighted by atomic mass is 10.2. The minimum Gasteiger partial charge on any atom is -0.444 e. The van der Waals surface area contributed by atoms with Gasteiger partial charge in [-0.25, -0.2) is 9.78 Å². The van der Waals surface area contributed by atoms with Crippen LogP contribution >= 0.6 is 0 Å². The monoisotopic (exact) mass is 315 g/mol. The Morgan fingerprint density at radius 1 is 1.22 bits per heavy atom. The Balaban J connectivity index is 2.12. The lowest BCUT2D eigenvalue weighted by Crippen LogP contribution is -2.27. The van der Waals surface area contributed by atoms with Gasteiger partial charge in [-0.3, -0.25) is 5.32 Å². The van der Waals surface area contributed by atoms with Crippen LogP contribution in [0.25, 0.3) is 0 Å². The van der Waals surface area contributed by atoms with E-state index in [0.717, 1.165) is 5.56 Å². The summed E-state index contributed by atoms with van der Waals surface area (Å²) in [5.74, 6) is 1.02. The molecule has 1 aromatic heterocycles. The number of nitrogens with one attached hydrogen (secondary N) is 1. The van der Waals surface area contributed by atoms with Crippen molar-refractivity contribution in [2.45, 2.75) is 33.3 Å². The third kappa shape index (κ3) is 5.18. The highest BCUT2D eigenvalue weighted by Crippen LogP contribution is 2.27. The topological polar surface area (TPSA) is 86.5 Å². The molecule has 0 aliphatic carbocycles. The maximum absolute atomic E-state index is 11.8. The largest absolute Gasteiger partial charge is 0.444 e. The van der Waals surface area contributed by atoms with Crippen LogP contribution in [0.2, 0.25) is 0 Å². The standard InChI is InChI=1S/C17H21N3O3/c1-11-5-7-13(20-16(21)23-17(2,3)4)9-14(11)22-15-8-6-12(18)10-19-15/h5-10H,18H2,1-4H3,(H,20,21). The van der Waals surface area contributed by atoms with E-state index in [1.165, 1.54) is 6.20 Å². The second kappa shape index (κ2) is 6.56. The number of ether oxygens (including phenoxy) is 2. The molecule has 0 bridgehead atoms. The first kappa shape index (κ1) is 16.6. The summed E-state index contributed by atoms with van der Waals surface area (Å²) in [5, 5.41) is 2.68. The van der Waals surface area contributed by atoms with Crippen molar-refractivity contribution in [3.63, 3.8) is 0 Å². The van der Waals surface area contributed by atoms with Crippen LogP contribution < -0.4 is 15.8 Å². The molecule has 23 heavy (non-hydrogen) atoms. The minimum absolute atomic E-state index is 0.428. The molecule has 1 heterocycles. The third-order valence-electron chi connectivity index (χ3n) is 2.81. The molecule has 0 aliphatic rings. The van der Waals surface area contributed by atoms with E-state index in [0.29, 0.717) is 23.0 Å². The first-order chi connectivity index (χ1) is 10.7. The molecule has 6 heteroatoms. The van der Waals surface area contributed by atoms with E-state index in [1.807, 2.05) is 33.8 Å². The highest BCUT2D eigenvalue weighted by atomic mass is 16.6. The molecule has 1 aromatic carbocycles. The zero-order chi connectivity index (χ0) is 17.0. The highest BCUT2D eigenvalue weighted by molar-refractivity contribution is 5.85. The van der Waals surface area contributed by atoms with Crippen molar-refractivity contribution in [2.75, 3.05) is 11.1 Å². The summed E-state index contributed by atoms with van der Waals surface area (Å²) in [6, 6.07) is 8.74. The fourth-order valence-electron chi connectivity index (χ4n) is 1.77. The first-order valence-electron chi connectivity index (χ1n) is 7.23. The molecule has 2 rings (SSSR count). The number of rotatable bonds is 3. The van der Waals surface area contributed by atoms with Crippen molar-refractivity contribution >= 4 is 17.5 Å². The molecule has 0 fully saturated rings. The van der Waals surface area contributed by atoms with Gasteiger partial charge in [0.05, 0.1) is 11.9 Å². The number of hydrogen-bond acceptors (Lipinski definition) is 5. The number of pyridine rings is 1. The third-order valence-corrected chi connectivity index (χ3v) is 2.81. The predicted octanol–water partition coefficient (Wildman–Crippen LogP) is 4.11. The maximum Gasteiger partial charge on any atom is 0.412 e. The van der Waals surface area contributed by atoms with Crippen LogP contribution in [0.15, 0.2) is 36.5 Å². The van der Waals surface area contributed by atoms with Gasteiger partial charge in [-0.1, -0.05) is 6.07 Å². The normalized spacial score (nSPS) is 11.0. The lowest BCUT2D eigenvalue weighted by molar-refractivity contribution is 0.0636. The zero-order valence-electron chi connectivity index (χ0n) is 13.7. The van der Waals surface area contributed by atoms with E-state index in [4.69, 9.17) is 15.2 Å². The molecular weight excluding hydrogens is 294 g/mol. The number of carbonyl (C=O) groups is 1. The number of amides is 1. The molecule has 3 N–H and O–H groups in total. The average molecular weight is 315 g/mol. The average Bonchev–Trinajstić information content (AvgIpc) is 2.43. The van der Waals surface area contributed by atoms with E-state index >= 15 is 0 Å². The van der Waals surface area contributed by atoms with Gasteiger partial charge in [-0.05, 0) is 45.4 Å². The quantitative estimate of drug-likeness (QED) is 0.890. The van der Waals surface area contributed by atoms with Gasteiger partial charge in [-0.2, -0.15) is 0 Å². The first-order valence-corrected chi connectivity index (χ1v) is 7.23. The van der Waals surface area contributed by atoms with Crippen LogP contribution in [0.1, 0.15) is 26.3 Å². The second-order valence-electron chi connectivity index (χ2n) is 6.14. The lowest BCUT2D eigenvalue weighted by Gasteiger charge is -2.20. The molecule has 122 valence electrons. The van der Waals surface area contributed by atoms with Gasteiger partial charge in [0.2, 0.25) is 5.88 Å². The summed E-state index contributed by atoms with van der Waals surface area (Å²) < 4.78 is 11.0. The van der Waals surface area contributed by atoms with Crippen LogP contribution in [-0.4, -0.2) is 16.7 Å². The van der Waals surface area contributed by atoms with Crippen molar-refractivity contribution in [1.29, 1.82) is 0 Å². The summed E-state index contributed by atoms with van der Waals surface area (Å²) in [6.45, 7) is 7.33. The number of carbonyl (C=O) groups excluding carboxylic acids is 1. The van der Waals surface area contributed by atoms with E-state index in [1.54, 1.807) is 24.3 Å². The summed E-state index contributed by atoms with van der Waals surface area (Å²) >= 11 is 0. The van der Waals surface area contributed by atoms with Gasteiger partial charge in [0.15, 0.2) is 0 Å². The van der Waals surface area contributed by atoms with Crippen molar-refractivity contribution in [3.8, 4) is 11.6 Å². The highest BCUT2D eigenvalue weighted by Gasteiger charge is 2.16. The Morgan fingerprint density at radius 3 is 2.57 bits per heavy atom. The van der Waals surface area contributed by atoms with Crippen molar-refractivity contribution in [2.24, 2.45) is 0 Å². The van der Waals surface area contributed by atoms with E-state index in [9.17, 15) is 4.79 Å². The van der Waals surface area contributed by atoms with Gasteiger partial charge in [0, 0.05) is 17.8 Å². The number of nitrogens with zero attached hydrogens (tertiary/aromatic N) is 1.